The molecule has 3 aromatic rings. The molecule has 0 saturated heterocycles. The topological polar surface area (TPSA) is 96.8 Å². The fraction of sp³-hybridized carbons (Fsp3) is 0.400. The van der Waals surface area contributed by atoms with E-state index in [0.29, 0.717) is 28.4 Å². The van der Waals surface area contributed by atoms with Gasteiger partial charge < -0.3 is 10.3 Å². The number of thiazole rings is 1. The summed E-state index contributed by atoms with van der Waals surface area (Å²) in [6, 6.07) is 6.00. The van der Waals surface area contributed by atoms with Gasteiger partial charge in [-0.2, -0.15) is 0 Å². The van der Waals surface area contributed by atoms with Gasteiger partial charge in [-0.25, -0.2) is 14.3 Å². The third kappa shape index (κ3) is 3.77. The van der Waals surface area contributed by atoms with Gasteiger partial charge in [0.05, 0.1) is 10.9 Å². The van der Waals surface area contributed by atoms with Gasteiger partial charge in [-0.3, -0.25) is 9.59 Å². The number of hydrogen-bond acceptors (Lipinski definition) is 5. The zero-order chi connectivity index (χ0) is 19.5. The van der Waals surface area contributed by atoms with E-state index in [9.17, 15) is 14.4 Å². The molecule has 0 aliphatic heterocycles. The van der Waals surface area contributed by atoms with Gasteiger partial charge in [-0.1, -0.05) is 44.2 Å². The number of rotatable bonds is 5. The van der Waals surface area contributed by atoms with Gasteiger partial charge in [0.15, 0.2) is 5.13 Å². The van der Waals surface area contributed by atoms with Crippen LogP contribution in [0.25, 0.3) is 10.9 Å². The van der Waals surface area contributed by atoms with Crippen molar-refractivity contribution < 1.29 is 4.79 Å². The van der Waals surface area contributed by atoms with Gasteiger partial charge in [-0.15, -0.1) is 11.3 Å². The summed E-state index contributed by atoms with van der Waals surface area (Å²) in [6.07, 6.45) is 7.54. The molecule has 1 aromatic carbocycles. The molecule has 2 N–H and O–H groups in total. The molecule has 1 saturated carbocycles. The summed E-state index contributed by atoms with van der Waals surface area (Å²) in [5, 5.41) is 5.40. The first-order chi connectivity index (χ1) is 13.6. The lowest BCUT2D eigenvalue weighted by Gasteiger charge is -2.26. The average Bonchev–Trinajstić information content (AvgIpc) is 3.21. The van der Waals surface area contributed by atoms with E-state index in [0.717, 1.165) is 30.3 Å². The van der Waals surface area contributed by atoms with Crippen LogP contribution in [0.2, 0.25) is 0 Å². The largest absolute Gasteiger partial charge is 0.329 e. The van der Waals surface area contributed by atoms with Crippen molar-refractivity contribution in [3.63, 3.8) is 0 Å². The predicted octanol–water partition coefficient (Wildman–Crippen LogP) is 3.30. The fourth-order valence-corrected chi connectivity index (χ4v) is 4.53. The second-order valence-electron chi connectivity index (χ2n) is 7.23. The Morgan fingerprint density at radius 3 is 2.79 bits per heavy atom. The Morgan fingerprint density at radius 2 is 2.04 bits per heavy atom. The standard InChI is InChI=1S/C20H22N4O3S/c25-17(23-19-21-10-11-28-19)16(12-13-6-2-1-3-7-13)24-18(26)14-8-4-5-9-15(14)22-20(24)27/h4-5,8-11,13,16H,1-3,6-7,12H2,(H,22,27)(H,21,23,25)/t16-/m0/s1. The number of benzene rings is 1. The Kier molecular flexibility index (Phi) is 5.38. The Morgan fingerprint density at radius 1 is 1.25 bits per heavy atom. The summed E-state index contributed by atoms with van der Waals surface area (Å²) < 4.78 is 1.08. The molecule has 1 amide bonds. The third-order valence-corrected chi connectivity index (χ3v) is 6.08. The van der Waals surface area contributed by atoms with Crippen LogP contribution in [0.5, 0.6) is 0 Å². The van der Waals surface area contributed by atoms with Crippen molar-refractivity contribution in [2.45, 2.75) is 44.6 Å². The number of carbonyl (C=O) groups excluding carboxylic acids is 1. The summed E-state index contributed by atoms with van der Waals surface area (Å²) in [5.74, 6) is -0.0537. The summed E-state index contributed by atoms with van der Waals surface area (Å²) in [7, 11) is 0. The Labute approximate surface area is 165 Å². The molecule has 2 aromatic heterocycles. The molecule has 1 aliphatic carbocycles. The van der Waals surface area contributed by atoms with Crippen molar-refractivity contribution in [3.05, 3.63) is 56.7 Å². The number of nitrogens with one attached hydrogen (secondary N) is 2. The van der Waals surface area contributed by atoms with Crippen molar-refractivity contribution in [3.8, 4) is 0 Å². The minimum atomic E-state index is -0.868. The zero-order valence-electron chi connectivity index (χ0n) is 15.4. The molecule has 4 rings (SSSR count). The van der Waals surface area contributed by atoms with Crippen molar-refractivity contribution in [1.82, 2.24) is 14.5 Å². The molecule has 7 nitrogen and oxygen atoms in total. The molecular formula is C20H22N4O3S. The van der Waals surface area contributed by atoms with Crippen molar-refractivity contribution in [2.75, 3.05) is 5.32 Å². The van der Waals surface area contributed by atoms with E-state index >= 15 is 0 Å². The van der Waals surface area contributed by atoms with Crippen molar-refractivity contribution >= 4 is 33.3 Å². The molecule has 28 heavy (non-hydrogen) atoms. The maximum atomic E-state index is 13.1. The SMILES string of the molecule is O=C(Nc1nccs1)[C@H](CC1CCCCC1)n1c(=O)[nH]c2ccccc2c1=O. The van der Waals surface area contributed by atoms with Crippen molar-refractivity contribution in [2.24, 2.45) is 5.92 Å². The van der Waals surface area contributed by atoms with Crippen LogP contribution in [-0.2, 0) is 4.79 Å². The van der Waals surface area contributed by atoms with Crippen LogP contribution in [0.15, 0.2) is 45.4 Å². The van der Waals surface area contributed by atoms with Gasteiger partial charge in [0, 0.05) is 11.6 Å². The van der Waals surface area contributed by atoms with Gasteiger partial charge in [0.1, 0.15) is 6.04 Å². The molecule has 0 bridgehead atoms. The number of aromatic amines is 1. The summed E-state index contributed by atoms with van der Waals surface area (Å²) in [4.78, 5) is 45.7. The van der Waals surface area contributed by atoms with E-state index in [1.807, 2.05) is 0 Å². The highest BCUT2D eigenvalue weighted by atomic mass is 32.1. The summed E-state index contributed by atoms with van der Waals surface area (Å²) in [5.41, 5.74) is -0.515. The number of aromatic nitrogens is 3. The number of anilines is 1. The van der Waals surface area contributed by atoms with Crippen LogP contribution in [0.4, 0.5) is 5.13 Å². The molecule has 1 fully saturated rings. The second kappa shape index (κ2) is 8.10. The van der Waals surface area contributed by atoms with Crippen LogP contribution < -0.4 is 16.6 Å². The maximum absolute atomic E-state index is 13.1. The molecule has 8 heteroatoms. The number of para-hydroxylation sites is 1. The molecular weight excluding hydrogens is 376 g/mol. The van der Waals surface area contributed by atoms with E-state index < -0.39 is 17.3 Å². The number of nitrogens with zero attached hydrogens (tertiary/aromatic N) is 2. The first kappa shape index (κ1) is 18.6. The van der Waals surface area contributed by atoms with E-state index in [-0.39, 0.29) is 5.91 Å². The predicted molar refractivity (Wildman–Crippen MR) is 110 cm³/mol. The third-order valence-electron chi connectivity index (χ3n) is 5.39. The Balaban J connectivity index is 1.75. The van der Waals surface area contributed by atoms with Crippen LogP contribution in [0, 0.1) is 5.92 Å². The summed E-state index contributed by atoms with van der Waals surface area (Å²) in [6.45, 7) is 0. The molecule has 146 valence electrons. The van der Waals surface area contributed by atoms with Gasteiger partial charge >= 0.3 is 5.69 Å². The van der Waals surface area contributed by atoms with E-state index in [2.05, 4.69) is 15.3 Å². The minimum Gasteiger partial charge on any atom is -0.307 e. The Bertz CT molecular complexity index is 1080. The first-order valence-corrected chi connectivity index (χ1v) is 10.5. The number of fused-ring (bicyclic) bond motifs is 1. The smallest absolute Gasteiger partial charge is 0.307 e. The van der Waals surface area contributed by atoms with Crippen LogP contribution in [0.3, 0.4) is 0 Å². The lowest BCUT2D eigenvalue weighted by atomic mass is 9.84. The lowest BCUT2D eigenvalue weighted by Crippen LogP contribution is -2.43. The lowest BCUT2D eigenvalue weighted by molar-refractivity contribution is -0.120. The fourth-order valence-electron chi connectivity index (χ4n) is 4.00. The van der Waals surface area contributed by atoms with Gasteiger partial charge in [0.2, 0.25) is 5.91 Å². The van der Waals surface area contributed by atoms with Crippen LogP contribution in [-0.4, -0.2) is 20.4 Å². The van der Waals surface area contributed by atoms with Gasteiger partial charge in [-0.05, 0) is 24.5 Å². The minimum absolute atomic E-state index is 0.318. The molecule has 0 unspecified atom stereocenters. The molecule has 0 spiro atoms. The van der Waals surface area contributed by atoms with Crippen LogP contribution >= 0.6 is 11.3 Å². The maximum Gasteiger partial charge on any atom is 0.329 e. The van der Waals surface area contributed by atoms with E-state index in [4.69, 9.17) is 0 Å². The number of H-pyrrole nitrogens is 1. The van der Waals surface area contributed by atoms with Crippen LogP contribution in [0.1, 0.15) is 44.6 Å². The highest BCUT2D eigenvalue weighted by Crippen LogP contribution is 2.31. The van der Waals surface area contributed by atoms with E-state index in [1.54, 1.807) is 35.8 Å². The highest BCUT2D eigenvalue weighted by Gasteiger charge is 2.29. The number of hydrogen-bond donors (Lipinski definition) is 2. The molecule has 1 aliphatic rings. The molecule has 1 atom stereocenters. The quantitative estimate of drug-likeness (QED) is 0.689. The van der Waals surface area contributed by atoms with Gasteiger partial charge in [0.25, 0.3) is 5.56 Å². The monoisotopic (exact) mass is 398 g/mol. The molecule has 0 radical (unpaired) electrons. The number of carbonyl (C=O) groups is 1. The second-order valence-corrected chi connectivity index (χ2v) is 8.13. The number of amides is 1. The zero-order valence-corrected chi connectivity index (χ0v) is 16.2. The normalized spacial score (nSPS) is 16.1. The first-order valence-electron chi connectivity index (χ1n) is 9.57. The summed E-state index contributed by atoms with van der Waals surface area (Å²) >= 11 is 1.30. The molecule has 2 heterocycles. The van der Waals surface area contributed by atoms with E-state index in [1.165, 1.54) is 17.8 Å². The highest BCUT2D eigenvalue weighted by molar-refractivity contribution is 7.13. The average molecular weight is 398 g/mol. The van der Waals surface area contributed by atoms with Crippen molar-refractivity contribution in [1.29, 1.82) is 0 Å². The Hall–Kier alpha value is -2.74.